The molecular weight excluding hydrogens is 621 g/mol. The van der Waals surface area contributed by atoms with Crippen molar-refractivity contribution in [1.29, 1.82) is 5.26 Å². The highest BCUT2D eigenvalue weighted by Crippen LogP contribution is 2.61. The zero-order valence-corrected chi connectivity index (χ0v) is 29.9. The first-order valence-corrected chi connectivity index (χ1v) is 19.4. The number of rotatable bonds is 5. The molecule has 3 atom stereocenters. The van der Waals surface area contributed by atoms with Crippen molar-refractivity contribution in [2.45, 2.75) is 94.3 Å². The first kappa shape index (κ1) is 31.1. The van der Waals surface area contributed by atoms with Crippen molar-refractivity contribution < 1.29 is 0 Å². The molecule has 0 aliphatic heterocycles. The lowest BCUT2D eigenvalue weighted by Gasteiger charge is -2.57. The second-order valence-electron chi connectivity index (χ2n) is 17.4. The quantitative estimate of drug-likeness (QED) is 0.187. The summed E-state index contributed by atoms with van der Waals surface area (Å²) >= 11 is 0. The number of aromatic nitrogens is 3. The third-order valence-corrected chi connectivity index (χ3v) is 14.1. The molecule has 4 aromatic carbocycles. The Bertz CT molecular complexity index is 2140. The second-order valence-corrected chi connectivity index (χ2v) is 17.4. The average molecular weight is 667 g/mol. The Balaban J connectivity index is 1.03. The molecular formula is C47H46N4. The van der Waals surface area contributed by atoms with Crippen LogP contribution in [0.3, 0.4) is 0 Å². The fourth-order valence-electron chi connectivity index (χ4n) is 12.1. The van der Waals surface area contributed by atoms with Crippen LogP contribution in [0.4, 0.5) is 0 Å². The largest absolute Gasteiger partial charge is 0.213 e. The number of nitriles is 1. The van der Waals surface area contributed by atoms with Crippen molar-refractivity contribution in [3.05, 3.63) is 125 Å². The van der Waals surface area contributed by atoms with Crippen LogP contribution in [0.2, 0.25) is 0 Å². The molecule has 11 rings (SSSR count). The van der Waals surface area contributed by atoms with Gasteiger partial charge in [0.15, 0.2) is 11.6 Å². The van der Waals surface area contributed by atoms with Crippen molar-refractivity contribution >= 4 is 0 Å². The highest BCUT2D eigenvalue weighted by molar-refractivity contribution is 5.71. The van der Waals surface area contributed by atoms with Crippen LogP contribution in [0.5, 0.6) is 0 Å². The van der Waals surface area contributed by atoms with Crippen LogP contribution in [0.1, 0.15) is 112 Å². The molecule has 0 saturated heterocycles. The van der Waals surface area contributed by atoms with Gasteiger partial charge >= 0.3 is 0 Å². The minimum Gasteiger partial charge on any atom is -0.213 e. The Labute approximate surface area is 302 Å². The van der Waals surface area contributed by atoms with Crippen molar-refractivity contribution in [3.8, 4) is 40.0 Å². The molecule has 5 aromatic rings. The molecule has 0 N–H and O–H groups in total. The van der Waals surface area contributed by atoms with E-state index in [1.807, 2.05) is 6.07 Å². The van der Waals surface area contributed by atoms with Crippen LogP contribution in [-0.4, -0.2) is 15.0 Å². The molecule has 0 spiro atoms. The summed E-state index contributed by atoms with van der Waals surface area (Å²) in [5.41, 5.74) is 9.95. The maximum Gasteiger partial charge on any atom is 0.163 e. The predicted octanol–water partition coefficient (Wildman–Crippen LogP) is 11.2. The topological polar surface area (TPSA) is 62.5 Å². The van der Waals surface area contributed by atoms with Gasteiger partial charge in [0, 0.05) is 17.0 Å². The Morgan fingerprint density at radius 1 is 0.627 bits per heavy atom. The minimum absolute atomic E-state index is 0.0452. The third kappa shape index (κ3) is 5.18. The normalized spacial score (nSPS) is 29.7. The molecule has 5 fully saturated rings. The molecule has 0 amide bonds. The summed E-state index contributed by atoms with van der Waals surface area (Å²) in [6.45, 7) is 4.76. The minimum atomic E-state index is 0.0452. The highest BCUT2D eigenvalue weighted by Gasteiger charge is 2.52. The number of nitrogens with zero attached hydrogens (tertiary/aromatic N) is 4. The van der Waals surface area contributed by atoms with Gasteiger partial charge in [-0.1, -0.05) is 92.7 Å². The summed E-state index contributed by atoms with van der Waals surface area (Å²) in [5, 5.41) is 9.67. The summed E-state index contributed by atoms with van der Waals surface area (Å²) in [6, 6.07) is 37.4. The van der Waals surface area contributed by atoms with Gasteiger partial charge in [0.25, 0.3) is 0 Å². The number of hydrogen-bond donors (Lipinski definition) is 0. The van der Waals surface area contributed by atoms with E-state index in [1.54, 1.807) is 0 Å². The van der Waals surface area contributed by atoms with E-state index in [2.05, 4.69) is 111 Å². The maximum absolute atomic E-state index is 9.67. The highest BCUT2D eigenvalue weighted by atomic mass is 15.0. The smallest absolute Gasteiger partial charge is 0.163 e. The van der Waals surface area contributed by atoms with Gasteiger partial charge < -0.3 is 0 Å². The molecule has 4 heteroatoms. The van der Waals surface area contributed by atoms with E-state index in [0.717, 1.165) is 71.2 Å². The molecule has 6 aliphatic rings. The predicted molar refractivity (Wildman–Crippen MR) is 203 cm³/mol. The molecule has 1 aromatic heterocycles. The monoisotopic (exact) mass is 666 g/mol. The summed E-state index contributed by atoms with van der Waals surface area (Å²) in [6.07, 6.45) is 11.7. The molecule has 51 heavy (non-hydrogen) atoms. The van der Waals surface area contributed by atoms with Crippen LogP contribution in [-0.2, 0) is 10.8 Å². The molecule has 1 heterocycles. The molecule has 0 radical (unpaired) electrons. The molecule has 4 nitrogen and oxygen atoms in total. The summed E-state index contributed by atoms with van der Waals surface area (Å²) in [5.74, 6) is 6.48. The Morgan fingerprint density at radius 2 is 1.29 bits per heavy atom. The van der Waals surface area contributed by atoms with Crippen molar-refractivity contribution in [2.75, 3.05) is 0 Å². The fraction of sp³-hybridized carbons (Fsp3) is 0.404. The first-order valence-electron chi connectivity index (χ1n) is 19.4. The first-order chi connectivity index (χ1) is 24.8. The summed E-state index contributed by atoms with van der Waals surface area (Å²) in [7, 11) is 0. The SMILES string of the molecule is CC1(C)c2cc(C#N)ccc2C2CC(c3nc(-c4ccc(C56C[C@H]7C[C@@H](C5)C[C@@H](C6)C7)cc4)nc(-c4cccc(-c5ccccc5)c4)n3)CCC21. The van der Waals surface area contributed by atoms with Crippen molar-refractivity contribution in [2.24, 2.45) is 23.7 Å². The van der Waals surface area contributed by atoms with E-state index in [4.69, 9.17) is 15.0 Å². The van der Waals surface area contributed by atoms with Crippen molar-refractivity contribution in [1.82, 2.24) is 15.0 Å². The zero-order valence-electron chi connectivity index (χ0n) is 29.9. The molecule has 4 bridgehead atoms. The van der Waals surface area contributed by atoms with Gasteiger partial charge in [-0.05, 0) is 144 Å². The Hall–Kier alpha value is -4.62. The molecule has 254 valence electrons. The lowest BCUT2D eigenvalue weighted by Crippen LogP contribution is -2.48. The maximum atomic E-state index is 9.67. The number of fused-ring (bicyclic) bond motifs is 3. The van der Waals surface area contributed by atoms with Gasteiger partial charge in [-0.3, -0.25) is 0 Å². The van der Waals surface area contributed by atoms with Gasteiger partial charge in [0.2, 0.25) is 0 Å². The van der Waals surface area contributed by atoms with E-state index in [9.17, 15) is 5.26 Å². The van der Waals surface area contributed by atoms with E-state index >= 15 is 0 Å². The van der Waals surface area contributed by atoms with E-state index in [1.165, 1.54) is 66.3 Å². The van der Waals surface area contributed by atoms with Gasteiger partial charge in [0.1, 0.15) is 5.82 Å². The van der Waals surface area contributed by atoms with Gasteiger partial charge in [0.05, 0.1) is 11.6 Å². The lowest BCUT2D eigenvalue weighted by atomic mass is 9.48. The molecule has 6 aliphatic carbocycles. The average Bonchev–Trinajstić information content (AvgIpc) is 3.39. The van der Waals surface area contributed by atoms with Gasteiger partial charge in [-0.15, -0.1) is 0 Å². The number of benzene rings is 4. The third-order valence-electron chi connectivity index (χ3n) is 14.1. The Kier molecular flexibility index (Phi) is 7.15. The lowest BCUT2D eigenvalue weighted by molar-refractivity contribution is -0.00518. The fourth-order valence-corrected chi connectivity index (χ4v) is 12.1. The van der Waals surface area contributed by atoms with E-state index in [-0.39, 0.29) is 11.3 Å². The second kappa shape index (κ2) is 11.7. The Morgan fingerprint density at radius 3 is 2.00 bits per heavy atom. The van der Waals surface area contributed by atoms with Gasteiger partial charge in [-0.25, -0.2) is 15.0 Å². The van der Waals surface area contributed by atoms with Crippen LogP contribution in [0, 0.1) is 35.0 Å². The zero-order chi connectivity index (χ0) is 34.3. The molecule has 3 unspecified atom stereocenters. The van der Waals surface area contributed by atoms with E-state index in [0.29, 0.717) is 17.3 Å². The van der Waals surface area contributed by atoms with Crippen LogP contribution in [0.15, 0.2) is 97.1 Å². The van der Waals surface area contributed by atoms with E-state index < -0.39 is 0 Å². The molecule has 5 saturated carbocycles. The summed E-state index contributed by atoms with van der Waals surface area (Å²) in [4.78, 5) is 15.8. The van der Waals surface area contributed by atoms with Crippen molar-refractivity contribution in [3.63, 3.8) is 0 Å². The summed E-state index contributed by atoms with van der Waals surface area (Å²) < 4.78 is 0. The van der Waals surface area contributed by atoms with Crippen LogP contribution >= 0.6 is 0 Å². The van der Waals surface area contributed by atoms with Crippen LogP contribution in [0.25, 0.3) is 33.9 Å². The van der Waals surface area contributed by atoms with Crippen LogP contribution < -0.4 is 0 Å². The van der Waals surface area contributed by atoms with Gasteiger partial charge in [-0.2, -0.15) is 5.26 Å². The standard InChI is InChI=1S/C47H46N4/c1-46(2)41-18-14-37(24-40(41)39-17-11-29(28-48)22-42(39)46)45-50-43(49-44(51-45)36-10-6-9-35(23-36)33-7-4-3-5-8-33)34-12-15-38(16-13-34)47-25-30-19-31(26-47)21-32(20-30)27-47/h3-13,15-17,22-23,30-32,37,40-41H,14,18-21,24-27H2,1-2H3/t30-,31+,32-,37?,40?,41?,47?. The number of hydrogen-bond acceptors (Lipinski definition) is 4.